The molecule has 2 heterocycles. The summed E-state index contributed by atoms with van der Waals surface area (Å²) in [6.07, 6.45) is 2.06. The van der Waals surface area contributed by atoms with E-state index in [4.69, 9.17) is 4.52 Å². The summed E-state index contributed by atoms with van der Waals surface area (Å²) in [7, 11) is -3.53. The number of hydrogen-bond donors (Lipinski definition) is 1. The van der Waals surface area contributed by atoms with Crippen LogP contribution in [0.25, 0.3) is 11.5 Å². The van der Waals surface area contributed by atoms with Gasteiger partial charge in [-0.2, -0.15) is 9.29 Å². The highest BCUT2D eigenvalue weighted by Gasteiger charge is 2.21. The van der Waals surface area contributed by atoms with Crippen molar-refractivity contribution in [3.05, 3.63) is 54.6 Å². The molecule has 0 fully saturated rings. The molecule has 30 heavy (non-hydrogen) atoms. The average Bonchev–Trinajstić information content (AvgIpc) is 3.23. The zero-order chi connectivity index (χ0) is 21.6. The van der Waals surface area contributed by atoms with Crippen LogP contribution in [-0.2, 0) is 21.2 Å². The topological polar surface area (TPSA) is 118 Å². The molecule has 10 heteroatoms. The molecule has 3 aromatic rings. The molecule has 0 aliphatic carbocycles. The van der Waals surface area contributed by atoms with E-state index >= 15 is 0 Å². The van der Waals surface area contributed by atoms with Gasteiger partial charge in [0, 0.05) is 37.8 Å². The number of anilines is 1. The lowest BCUT2D eigenvalue weighted by Gasteiger charge is -2.18. The summed E-state index contributed by atoms with van der Waals surface area (Å²) in [5, 5.41) is 6.61. The summed E-state index contributed by atoms with van der Waals surface area (Å²) in [5.74, 6) is 0.467. The third-order valence-electron chi connectivity index (χ3n) is 4.41. The van der Waals surface area contributed by atoms with E-state index in [-0.39, 0.29) is 23.6 Å². The molecule has 0 spiro atoms. The van der Waals surface area contributed by atoms with Gasteiger partial charge >= 0.3 is 0 Å². The molecule has 0 bridgehead atoms. The SMILES string of the molecule is CCN(CC)S(=O)(=O)c1ccc(NC(=O)CCc2nc(-c3ccccn3)no2)cc1. The molecule has 0 aliphatic rings. The number of benzene rings is 1. The van der Waals surface area contributed by atoms with Crippen molar-refractivity contribution in [3.8, 4) is 11.5 Å². The largest absolute Gasteiger partial charge is 0.339 e. The van der Waals surface area contributed by atoms with Gasteiger partial charge in [-0.15, -0.1) is 0 Å². The van der Waals surface area contributed by atoms with Crippen molar-refractivity contribution in [2.45, 2.75) is 31.6 Å². The Balaban J connectivity index is 1.56. The van der Waals surface area contributed by atoms with E-state index in [1.807, 2.05) is 6.07 Å². The zero-order valence-electron chi connectivity index (χ0n) is 16.8. The molecular weight excluding hydrogens is 406 g/mol. The lowest BCUT2D eigenvalue weighted by Crippen LogP contribution is -2.30. The van der Waals surface area contributed by atoms with Crippen molar-refractivity contribution in [1.29, 1.82) is 0 Å². The highest BCUT2D eigenvalue weighted by Crippen LogP contribution is 2.19. The number of amides is 1. The summed E-state index contributed by atoms with van der Waals surface area (Å²) < 4.78 is 31.5. The van der Waals surface area contributed by atoms with Crippen molar-refractivity contribution in [3.63, 3.8) is 0 Å². The van der Waals surface area contributed by atoms with E-state index in [2.05, 4.69) is 20.4 Å². The molecule has 9 nitrogen and oxygen atoms in total. The first-order valence-electron chi connectivity index (χ1n) is 9.58. The minimum atomic E-state index is -3.53. The van der Waals surface area contributed by atoms with Gasteiger partial charge in [-0.1, -0.05) is 25.1 Å². The Bertz CT molecular complexity index is 1080. The van der Waals surface area contributed by atoms with Crippen molar-refractivity contribution in [2.24, 2.45) is 0 Å². The van der Waals surface area contributed by atoms with Crippen LogP contribution in [0.5, 0.6) is 0 Å². The lowest BCUT2D eigenvalue weighted by molar-refractivity contribution is -0.116. The normalized spacial score (nSPS) is 11.6. The molecule has 1 N–H and O–H groups in total. The number of carbonyl (C=O) groups is 1. The maximum Gasteiger partial charge on any atom is 0.243 e. The van der Waals surface area contributed by atoms with Crippen molar-refractivity contribution >= 4 is 21.6 Å². The molecule has 1 aromatic carbocycles. The van der Waals surface area contributed by atoms with Crippen molar-refractivity contribution in [1.82, 2.24) is 19.4 Å². The van der Waals surface area contributed by atoms with Gasteiger partial charge in [-0.3, -0.25) is 9.78 Å². The van der Waals surface area contributed by atoms with E-state index in [0.717, 1.165) is 0 Å². The number of hydrogen-bond acceptors (Lipinski definition) is 7. The van der Waals surface area contributed by atoms with Gasteiger partial charge in [0.1, 0.15) is 5.69 Å². The molecule has 3 rings (SSSR count). The van der Waals surface area contributed by atoms with Crippen LogP contribution in [0.3, 0.4) is 0 Å². The number of pyridine rings is 1. The number of aromatic nitrogens is 3. The fourth-order valence-corrected chi connectivity index (χ4v) is 4.28. The molecule has 0 radical (unpaired) electrons. The second kappa shape index (κ2) is 9.59. The predicted molar refractivity (Wildman–Crippen MR) is 111 cm³/mol. The van der Waals surface area contributed by atoms with E-state index in [1.165, 1.54) is 16.4 Å². The lowest BCUT2D eigenvalue weighted by atomic mass is 10.2. The first kappa shape index (κ1) is 21.6. The van der Waals surface area contributed by atoms with Crippen LogP contribution in [0.15, 0.2) is 58.1 Å². The monoisotopic (exact) mass is 429 g/mol. The Labute approximate surface area is 175 Å². The Morgan fingerprint density at radius 3 is 2.47 bits per heavy atom. The number of nitrogens with one attached hydrogen (secondary N) is 1. The molecule has 1 amide bonds. The summed E-state index contributed by atoms with van der Waals surface area (Å²) in [6, 6.07) is 11.5. The van der Waals surface area contributed by atoms with E-state index < -0.39 is 10.0 Å². The minimum absolute atomic E-state index is 0.142. The molecule has 0 unspecified atom stereocenters. The Morgan fingerprint density at radius 1 is 1.10 bits per heavy atom. The van der Waals surface area contributed by atoms with Crippen LogP contribution in [0.1, 0.15) is 26.2 Å². The standard InChI is InChI=1S/C20H23N5O4S/c1-3-25(4-2)30(27,28)16-10-8-15(9-11-16)22-18(26)12-13-19-23-20(24-29-19)17-7-5-6-14-21-17/h5-11,14H,3-4,12-13H2,1-2H3,(H,22,26). The number of rotatable bonds is 9. The van der Waals surface area contributed by atoms with E-state index in [1.54, 1.807) is 44.3 Å². The maximum absolute atomic E-state index is 12.5. The molecule has 0 saturated carbocycles. The van der Waals surface area contributed by atoms with Crippen molar-refractivity contribution < 1.29 is 17.7 Å². The predicted octanol–water partition coefficient (Wildman–Crippen LogP) is 2.73. The number of carbonyl (C=O) groups excluding carboxylic acids is 1. The number of nitrogens with zero attached hydrogens (tertiary/aromatic N) is 4. The zero-order valence-corrected chi connectivity index (χ0v) is 17.6. The van der Waals surface area contributed by atoms with E-state index in [0.29, 0.717) is 36.2 Å². The second-order valence-electron chi connectivity index (χ2n) is 6.39. The third kappa shape index (κ3) is 5.08. The highest BCUT2D eigenvalue weighted by atomic mass is 32.2. The summed E-state index contributed by atoms with van der Waals surface area (Å²) in [4.78, 5) is 20.8. The molecule has 158 valence electrons. The fourth-order valence-electron chi connectivity index (χ4n) is 2.82. The maximum atomic E-state index is 12.5. The quantitative estimate of drug-likeness (QED) is 0.555. The molecule has 0 aliphatic heterocycles. The van der Waals surface area contributed by atoms with Gasteiger partial charge in [0.05, 0.1) is 4.90 Å². The third-order valence-corrected chi connectivity index (χ3v) is 6.47. The van der Waals surface area contributed by atoms with Crippen LogP contribution in [0, 0.1) is 0 Å². The first-order chi connectivity index (χ1) is 14.4. The minimum Gasteiger partial charge on any atom is -0.339 e. The van der Waals surface area contributed by atoms with Crippen LogP contribution < -0.4 is 5.32 Å². The first-order valence-corrected chi connectivity index (χ1v) is 11.0. The molecular formula is C20H23N5O4S. The highest BCUT2D eigenvalue weighted by molar-refractivity contribution is 7.89. The van der Waals surface area contributed by atoms with Gasteiger partial charge in [-0.05, 0) is 36.4 Å². The Kier molecular flexibility index (Phi) is 6.91. The van der Waals surface area contributed by atoms with Crippen LogP contribution in [0.2, 0.25) is 0 Å². The van der Waals surface area contributed by atoms with Crippen LogP contribution >= 0.6 is 0 Å². The van der Waals surface area contributed by atoms with Crippen LogP contribution in [0.4, 0.5) is 5.69 Å². The summed E-state index contributed by atoms with van der Waals surface area (Å²) in [6.45, 7) is 4.38. The summed E-state index contributed by atoms with van der Waals surface area (Å²) >= 11 is 0. The Hall–Kier alpha value is -3.11. The van der Waals surface area contributed by atoms with Gasteiger partial charge < -0.3 is 9.84 Å². The Morgan fingerprint density at radius 2 is 1.83 bits per heavy atom. The number of sulfonamides is 1. The average molecular weight is 430 g/mol. The second-order valence-corrected chi connectivity index (χ2v) is 8.33. The van der Waals surface area contributed by atoms with Crippen molar-refractivity contribution in [2.75, 3.05) is 18.4 Å². The fraction of sp³-hybridized carbons (Fsp3) is 0.300. The van der Waals surface area contributed by atoms with E-state index in [9.17, 15) is 13.2 Å². The van der Waals surface area contributed by atoms with Gasteiger partial charge in [0.25, 0.3) is 0 Å². The van der Waals surface area contributed by atoms with Gasteiger partial charge in [-0.25, -0.2) is 8.42 Å². The summed E-state index contributed by atoms with van der Waals surface area (Å²) in [5.41, 5.74) is 1.11. The van der Waals surface area contributed by atoms with Gasteiger partial charge in [0.15, 0.2) is 0 Å². The number of aryl methyl sites for hydroxylation is 1. The van der Waals surface area contributed by atoms with Gasteiger partial charge in [0.2, 0.25) is 27.6 Å². The molecule has 0 atom stereocenters. The van der Waals surface area contributed by atoms with Crippen LogP contribution in [-0.4, -0.2) is 46.8 Å². The molecule has 2 aromatic heterocycles. The molecule has 0 saturated heterocycles. The smallest absolute Gasteiger partial charge is 0.243 e.